The molecule has 0 aromatic carbocycles. The number of carbonyl (C=O) groups excluding carboxylic acids is 4. The van der Waals surface area contributed by atoms with Gasteiger partial charge in [-0.2, -0.15) is 0 Å². The number of carbonyl (C=O) groups is 4. The van der Waals surface area contributed by atoms with Crippen LogP contribution in [0, 0.1) is 11.8 Å². The molecule has 0 aliphatic rings. The first-order chi connectivity index (χ1) is 44.4. The fraction of sp³-hybridized carbons (Fsp3) is 0.945. The molecule has 17 nitrogen and oxygen atoms in total. The SMILES string of the molecule is CCCCCCCCCCCCCCCCC(=O)OC[C@H](COP(=O)(O)OC[C@@H](O)COP(=O)(O)OC[C@@H](COC(=O)CCCCCCCCCCCC)OC(=O)CCCCCCCCCC(C)C)OC(=O)CCCCCCCCCCCCCCCCC(C)CC. The molecule has 0 saturated carbocycles. The third-order valence-electron chi connectivity index (χ3n) is 17.3. The molecule has 6 atom stereocenters. The maximum atomic E-state index is 13.1. The number of hydrogen-bond acceptors (Lipinski definition) is 15. The van der Waals surface area contributed by atoms with E-state index < -0.39 is 97.5 Å². The molecule has 0 aliphatic carbocycles. The van der Waals surface area contributed by atoms with E-state index in [0.717, 1.165) is 95.8 Å². The molecule has 3 unspecified atom stereocenters. The summed E-state index contributed by atoms with van der Waals surface area (Å²) < 4.78 is 68.4. The normalized spacial score (nSPS) is 14.4. The Morgan fingerprint density at radius 3 is 0.826 bits per heavy atom. The fourth-order valence-corrected chi connectivity index (χ4v) is 12.7. The topological polar surface area (TPSA) is 237 Å². The van der Waals surface area contributed by atoms with Gasteiger partial charge in [-0.3, -0.25) is 37.3 Å². The second-order valence-electron chi connectivity index (χ2n) is 27.1. The van der Waals surface area contributed by atoms with E-state index in [2.05, 4.69) is 41.5 Å². The van der Waals surface area contributed by atoms with Crippen molar-refractivity contribution in [2.45, 2.75) is 394 Å². The van der Waals surface area contributed by atoms with Gasteiger partial charge >= 0.3 is 39.5 Å². The summed E-state index contributed by atoms with van der Waals surface area (Å²) in [5.41, 5.74) is 0. The highest BCUT2D eigenvalue weighted by molar-refractivity contribution is 7.47. The molecule has 0 aliphatic heterocycles. The highest BCUT2D eigenvalue weighted by Crippen LogP contribution is 2.45. The van der Waals surface area contributed by atoms with Crippen molar-refractivity contribution in [3.8, 4) is 0 Å². The summed E-state index contributed by atoms with van der Waals surface area (Å²) in [5, 5.41) is 10.6. The van der Waals surface area contributed by atoms with E-state index in [0.29, 0.717) is 31.6 Å². The zero-order valence-electron chi connectivity index (χ0n) is 59.9. The molecule has 0 fully saturated rings. The molecule has 0 spiro atoms. The lowest BCUT2D eigenvalue weighted by Gasteiger charge is -2.21. The molecule has 0 heterocycles. The van der Waals surface area contributed by atoms with Crippen LogP contribution < -0.4 is 0 Å². The summed E-state index contributed by atoms with van der Waals surface area (Å²) >= 11 is 0. The quantitative estimate of drug-likeness (QED) is 0.0222. The number of aliphatic hydroxyl groups excluding tert-OH is 1. The summed E-state index contributed by atoms with van der Waals surface area (Å²) in [5.74, 6) is -0.579. The van der Waals surface area contributed by atoms with Gasteiger partial charge in [0.25, 0.3) is 0 Å². The molecule has 0 radical (unpaired) electrons. The Labute approximate surface area is 562 Å². The van der Waals surface area contributed by atoms with Crippen molar-refractivity contribution < 1.29 is 80.2 Å². The van der Waals surface area contributed by atoms with Gasteiger partial charge in [0.2, 0.25) is 0 Å². The molecule has 0 aromatic rings. The summed E-state index contributed by atoms with van der Waals surface area (Å²) in [6.45, 7) is 9.56. The van der Waals surface area contributed by atoms with Crippen molar-refractivity contribution in [3.63, 3.8) is 0 Å². The lowest BCUT2D eigenvalue weighted by molar-refractivity contribution is -0.161. The maximum absolute atomic E-state index is 13.1. The molecule has 19 heteroatoms. The number of aliphatic hydroxyl groups is 1. The highest BCUT2D eigenvalue weighted by atomic mass is 31.2. The van der Waals surface area contributed by atoms with Crippen LogP contribution in [0.4, 0.5) is 0 Å². The van der Waals surface area contributed by atoms with Crippen molar-refractivity contribution >= 4 is 39.5 Å². The highest BCUT2D eigenvalue weighted by Gasteiger charge is 2.30. The van der Waals surface area contributed by atoms with E-state index in [9.17, 15) is 43.2 Å². The molecule has 0 aromatic heterocycles. The van der Waals surface area contributed by atoms with Gasteiger partial charge < -0.3 is 33.8 Å². The molecule has 92 heavy (non-hydrogen) atoms. The summed E-state index contributed by atoms with van der Waals surface area (Å²) in [4.78, 5) is 72.6. The number of rotatable bonds is 72. The van der Waals surface area contributed by atoms with Gasteiger partial charge in [0, 0.05) is 25.7 Å². The van der Waals surface area contributed by atoms with Gasteiger partial charge in [0.15, 0.2) is 12.2 Å². The Kier molecular flexibility index (Phi) is 63.7. The largest absolute Gasteiger partial charge is 0.472 e. The molecule has 0 amide bonds. The van der Waals surface area contributed by atoms with Crippen LogP contribution >= 0.6 is 15.6 Å². The smallest absolute Gasteiger partial charge is 0.462 e. The number of unbranched alkanes of at least 4 members (excludes halogenated alkanes) is 41. The van der Waals surface area contributed by atoms with Gasteiger partial charge in [-0.15, -0.1) is 0 Å². The van der Waals surface area contributed by atoms with E-state index in [4.69, 9.17) is 37.0 Å². The van der Waals surface area contributed by atoms with Crippen LogP contribution in [0.2, 0.25) is 0 Å². The average molecular weight is 1350 g/mol. The van der Waals surface area contributed by atoms with Crippen LogP contribution in [0.15, 0.2) is 0 Å². The Morgan fingerprint density at radius 1 is 0.315 bits per heavy atom. The van der Waals surface area contributed by atoms with Crippen LogP contribution in [0.5, 0.6) is 0 Å². The minimum absolute atomic E-state index is 0.104. The van der Waals surface area contributed by atoms with Gasteiger partial charge in [-0.25, -0.2) is 9.13 Å². The zero-order valence-corrected chi connectivity index (χ0v) is 61.6. The molecular weight excluding hydrogens is 1210 g/mol. The first-order valence-electron chi connectivity index (χ1n) is 38.0. The first kappa shape index (κ1) is 90.1. The first-order valence-corrected chi connectivity index (χ1v) is 41.0. The van der Waals surface area contributed by atoms with Crippen LogP contribution in [0.1, 0.15) is 375 Å². The maximum Gasteiger partial charge on any atom is 0.472 e. The van der Waals surface area contributed by atoms with E-state index in [1.165, 1.54) is 193 Å². The molecule has 3 N–H and O–H groups in total. The van der Waals surface area contributed by atoms with E-state index >= 15 is 0 Å². The molecule has 0 rings (SSSR count). The summed E-state index contributed by atoms with van der Waals surface area (Å²) in [6, 6.07) is 0. The van der Waals surface area contributed by atoms with Crippen LogP contribution in [-0.2, 0) is 65.4 Å². The van der Waals surface area contributed by atoms with Crippen molar-refractivity contribution in [2.75, 3.05) is 39.6 Å². The lowest BCUT2D eigenvalue weighted by atomic mass is 9.99. The number of phosphoric ester groups is 2. The summed E-state index contributed by atoms with van der Waals surface area (Å²) in [7, 11) is -9.90. The zero-order chi connectivity index (χ0) is 67.9. The molecule has 0 bridgehead atoms. The van der Waals surface area contributed by atoms with Crippen molar-refractivity contribution in [1.82, 2.24) is 0 Å². The van der Waals surface area contributed by atoms with E-state index in [-0.39, 0.29) is 25.7 Å². The van der Waals surface area contributed by atoms with Crippen LogP contribution in [-0.4, -0.2) is 96.7 Å². The van der Waals surface area contributed by atoms with Crippen molar-refractivity contribution in [1.29, 1.82) is 0 Å². The number of phosphoric acid groups is 2. The Hall–Kier alpha value is -1.94. The second kappa shape index (κ2) is 65.0. The van der Waals surface area contributed by atoms with E-state index in [1.807, 2.05) is 0 Å². The van der Waals surface area contributed by atoms with Gasteiger partial charge in [0.05, 0.1) is 26.4 Å². The Bertz CT molecular complexity index is 1790. The van der Waals surface area contributed by atoms with Crippen LogP contribution in [0.25, 0.3) is 0 Å². The van der Waals surface area contributed by atoms with Gasteiger partial charge in [-0.1, -0.05) is 324 Å². The van der Waals surface area contributed by atoms with E-state index in [1.54, 1.807) is 0 Å². The second-order valence-corrected chi connectivity index (χ2v) is 30.0. The lowest BCUT2D eigenvalue weighted by Crippen LogP contribution is -2.30. The fourth-order valence-electron chi connectivity index (χ4n) is 11.1. The number of esters is 4. The van der Waals surface area contributed by atoms with Gasteiger partial charge in [0.1, 0.15) is 19.3 Å². The molecule has 546 valence electrons. The Morgan fingerprint density at radius 2 is 0.554 bits per heavy atom. The minimum Gasteiger partial charge on any atom is -0.462 e. The van der Waals surface area contributed by atoms with Crippen molar-refractivity contribution in [2.24, 2.45) is 11.8 Å². The minimum atomic E-state index is -4.95. The van der Waals surface area contributed by atoms with Gasteiger partial charge in [-0.05, 0) is 37.5 Å². The summed E-state index contributed by atoms with van der Waals surface area (Å²) in [6.07, 6.45) is 51.3. The standard InChI is InChI=1S/C73H142O17P2/c1-7-10-12-14-16-18-20-21-25-28-32-38-44-50-56-71(76)84-61-68(89-72(77)57-51-45-39-33-29-26-23-22-24-27-30-36-42-48-54-66(6)9-3)63-87-91(79,80)85-59-67(74)60-86-92(81,82)88-64-69(90-73(78)58-52-46-40-34-35-41-47-53-65(4)5)62-83-70(75)55-49-43-37-31-19-17-15-13-11-8-2/h65-69,74H,7-64H2,1-6H3,(H,79,80)(H,81,82)/t66?,67-,68-,69-/m1/s1. The predicted molar refractivity (Wildman–Crippen MR) is 372 cm³/mol. The van der Waals surface area contributed by atoms with Crippen LogP contribution in [0.3, 0.4) is 0 Å². The molecule has 0 saturated heterocycles. The average Bonchev–Trinajstić information content (AvgIpc) is 3.34. The third-order valence-corrected chi connectivity index (χ3v) is 19.2. The monoisotopic (exact) mass is 1350 g/mol. The molecular formula is C73H142O17P2. The Balaban J connectivity index is 5.23. The predicted octanol–water partition coefficient (Wildman–Crippen LogP) is 21.2. The third kappa shape index (κ3) is 65.4. The number of ether oxygens (including phenoxy) is 4. The number of hydrogen-bond donors (Lipinski definition) is 3. The van der Waals surface area contributed by atoms with Crippen molar-refractivity contribution in [3.05, 3.63) is 0 Å².